The second-order valence-electron chi connectivity index (χ2n) is 4.32. The van der Waals surface area contributed by atoms with E-state index in [1.54, 1.807) is 19.1 Å². The van der Waals surface area contributed by atoms with Crippen LogP contribution in [-0.4, -0.2) is 25.9 Å². The number of thiazole rings is 1. The Bertz CT molecular complexity index is 808. The molecular weight excluding hydrogens is 293 g/mol. The predicted octanol–water partition coefficient (Wildman–Crippen LogP) is 1.94. The number of nitrogens with zero attached hydrogens (tertiary/aromatic N) is 4. The second kappa shape index (κ2) is 5.06. The lowest BCUT2D eigenvalue weighted by Gasteiger charge is -1.98. The van der Waals surface area contributed by atoms with E-state index < -0.39 is 5.91 Å². The molecule has 2 heterocycles. The number of primary amides is 1. The van der Waals surface area contributed by atoms with Crippen LogP contribution in [0.2, 0.25) is 0 Å². The number of nitrogens with two attached hydrogens (primary N) is 1. The van der Waals surface area contributed by atoms with E-state index in [0.29, 0.717) is 16.5 Å². The van der Waals surface area contributed by atoms with Crippen molar-refractivity contribution in [2.24, 2.45) is 5.73 Å². The van der Waals surface area contributed by atoms with E-state index in [4.69, 9.17) is 5.73 Å². The monoisotopic (exact) mass is 303 g/mol. The fraction of sp³-hybridized carbons (Fsp3) is 0.0769. The highest BCUT2D eigenvalue weighted by Crippen LogP contribution is 2.24. The maximum Gasteiger partial charge on any atom is 0.271 e. The highest BCUT2D eigenvalue weighted by Gasteiger charge is 2.16. The molecule has 0 fully saturated rings. The average Bonchev–Trinajstić information content (AvgIpc) is 3.06. The molecule has 0 aliphatic rings. The molecule has 3 rings (SSSR count). The lowest BCUT2D eigenvalue weighted by molar-refractivity contribution is 0.0995. The summed E-state index contributed by atoms with van der Waals surface area (Å²) < 4.78 is 14.4. The van der Waals surface area contributed by atoms with Gasteiger partial charge in [0.15, 0.2) is 5.69 Å². The minimum absolute atomic E-state index is 0.119. The molecule has 0 spiro atoms. The molecule has 21 heavy (non-hydrogen) atoms. The van der Waals surface area contributed by atoms with Crippen LogP contribution >= 0.6 is 11.3 Å². The van der Waals surface area contributed by atoms with E-state index in [1.165, 1.54) is 28.2 Å². The summed E-state index contributed by atoms with van der Waals surface area (Å²) in [5.74, 6) is -0.929. The van der Waals surface area contributed by atoms with Crippen molar-refractivity contribution < 1.29 is 9.18 Å². The van der Waals surface area contributed by atoms with Crippen LogP contribution < -0.4 is 5.73 Å². The van der Waals surface area contributed by atoms with Crippen LogP contribution in [0.1, 0.15) is 16.2 Å². The van der Waals surface area contributed by atoms with Crippen LogP contribution in [0.15, 0.2) is 29.6 Å². The number of rotatable bonds is 3. The number of carbonyl (C=O) groups is 1. The van der Waals surface area contributed by atoms with Crippen LogP contribution in [0.25, 0.3) is 16.4 Å². The van der Waals surface area contributed by atoms with Gasteiger partial charge in [-0.2, -0.15) is 4.68 Å². The molecule has 1 aromatic carbocycles. The van der Waals surface area contributed by atoms with Gasteiger partial charge in [0.25, 0.3) is 5.91 Å². The number of amides is 1. The van der Waals surface area contributed by atoms with E-state index in [9.17, 15) is 9.18 Å². The predicted molar refractivity (Wildman–Crippen MR) is 75.7 cm³/mol. The minimum atomic E-state index is -0.630. The standard InChI is InChI=1S/C13H10FN5OS/c1-7-11(12(15)20)17-18-19(7)13-16-10(6-21-13)8-2-4-9(14)5-3-8/h2-6H,1H3,(H2,15,20). The molecule has 0 atom stereocenters. The Hall–Kier alpha value is -2.61. The molecule has 0 unspecified atom stereocenters. The van der Waals surface area contributed by atoms with Gasteiger partial charge in [-0.1, -0.05) is 5.21 Å². The van der Waals surface area contributed by atoms with Crippen molar-refractivity contribution in [3.8, 4) is 16.4 Å². The first-order valence-electron chi connectivity index (χ1n) is 6.00. The maximum atomic E-state index is 12.9. The largest absolute Gasteiger partial charge is 0.364 e. The molecule has 0 aliphatic carbocycles. The van der Waals surface area contributed by atoms with Gasteiger partial charge in [0, 0.05) is 10.9 Å². The zero-order valence-corrected chi connectivity index (χ0v) is 11.8. The Morgan fingerprint density at radius 1 is 1.33 bits per heavy atom. The van der Waals surface area contributed by atoms with Gasteiger partial charge in [-0.15, -0.1) is 16.4 Å². The molecule has 1 amide bonds. The molecule has 3 aromatic rings. The summed E-state index contributed by atoms with van der Waals surface area (Å²) in [6.07, 6.45) is 0. The number of carbonyl (C=O) groups excluding carboxylic acids is 1. The number of halogens is 1. The average molecular weight is 303 g/mol. The molecule has 6 nitrogen and oxygen atoms in total. The molecule has 2 aromatic heterocycles. The van der Waals surface area contributed by atoms with E-state index in [1.807, 2.05) is 5.38 Å². The van der Waals surface area contributed by atoms with Crippen LogP contribution in [0.4, 0.5) is 4.39 Å². The molecule has 8 heteroatoms. The third kappa shape index (κ3) is 2.40. The van der Waals surface area contributed by atoms with Crippen LogP contribution in [0.5, 0.6) is 0 Å². The SMILES string of the molecule is Cc1c(C(N)=O)nnn1-c1nc(-c2ccc(F)cc2)cs1. The Kier molecular flexibility index (Phi) is 3.22. The van der Waals surface area contributed by atoms with Crippen LogP contribution in [0, 0.1) is 12.7 Å². The molecular formula is C13H10FN5OS. The number of benzene rings is 1. The third-order valence-corrected chi connectivity index (χ3v) is 3.76. The summed E-state index contributed by atoms with van der Waals surface area (Å²) in [6, 6.07) is 6.05. The number of hydrogen-bond acceptors (Lipinski definition) is 5. The lowest BCUT2D eigenvalue weighted by atomic mass is 10.2. The molecule has 0 saturated carbocycles. The van der Waals surface area contributed by atoms with E-state index in [0.717, 1.165) is 5.56 Å². The minimum Gasteiger partial charge on any atom is -0.364 e. The fourth-order valence-corrected chi connectivity index (χ4v) is 2.68. The summed E-state index contributed by atoms with van der Waals surface area (Å²) in [7, 11) is 0. The molecule has 106 valence electrons. The Balaban J connectivity index is 1.99. The highest BCUT2D eigenvalue weighted by atomic mass is 32.1. The number of hydrogen-bond donors (Lipinski definition) is 1. The van der Waals surface area contributed by atoms with E-state index in [2.05, 4.69) is 15.3 Å². The first-order valence-corrected chi connectivity index (χ1v) is 6.88. The second-order valence-corrected chi connectivity index (χ2v) is 5.16. The quantitative estimate of drug-likeness (QED) is 0.801. The number of aromatic nitrogens is 4. The van der Waals surface area contributed by atoms with Crippen molar-refractivity contribution in [3.63, 3.8) is 0 Å². The van der Waals surface area contributed by atoms with Crippen molar-refractivity contribution in [2.45, 2.75) is 6.92 Å². The van der Waals surface area contributed by atoms with Gasteiger partial charge in [-0.05, 0) is 31.2 Å². The zero-order valence-electron chi connectivity index (χ0n) is 10.9. The first-order chi connectivity index (χ1) is 10.1. The van der Waals surface area contributed by atoms with Gasteiger partial charge in [0.1, 0.15) is 5.82 Å². The Morgan fingerprint density at radius 2 is 2.05 bits per heavy atom. The summed E-state index contributed by atoms with van der Waals surface area (Å²) in [5.41, 5.74) is 7.36. The maximum absolute atomic E-state index is 12.9. The summed E-state index contributed by atoms with van der Waals surface area (Å²) >= 11 is 1.34. The van der Waals surface area contributed by atoms with Gasteiger partial charge in [-0.3, -0.25) is 4.79 Å². The van der Waals surface area contributed by atoms with E-state index >= 15 is 0 Å². The van der Waals surface area contributed by atoms with E-state index in [-0.39, 0.29) is 11.5 Å². The van der Waals surface area contributed by atoms with Gasteiger partial charge >= 0.3 is 0 Å². The topological polar surface area (TPSA) is 86.7 Å². The van der Waals surface area contributed by atoms with Crippen molar-refractivity contribution >= 4 is 17.2 Å². The molecule has 0 radical (unpaired) electrons. The zero-order chi connectivity index (χ0) is 15.0. The van der Waals surface area contributed by atoms with Gasteiger partial charge in [0.2, 0.25) is 5.13 Å². The van der Waals surface area contributed by atoms with Gasteiger partial charge < -0.3 is 5.73 Å². The highest BCUT2D eigenvalue weighted by molar-refractivity contribution is 7.12. The summed E-state index contributed by atoms with van der Waals surface area (Å²) in [6.45, 7) is 1.69. The van der Waals surface area contributed by atoms with Crippen LogP contribution in [0.3, 0.4) is 0 Å². The molecule has 0 aliphatic heterocycles. The lowest BCUT2D eigenvalue weighted by Crippen LogP contribution is -2.13. The molecule has 0 saturated heterocycles. The molecule has 2 N–H and O–H groups in total. The summed E-state index contributed by atoms with van der Waals surface area (Å²) in [5, 5.41) is 10.0. The van der Waals surface area contributed by atoms with Crippen LogP contribution in [-0.2, 0) is 0 Å². The smallest absolute Gasteiger partial charge is 0.271 e. The Morgan fingerprint density at radius 3 is 2.67 bits per heavy atom. The van der Waals surface area contributed by atoms with Gasteiger partial charge in [0.05, 0.1) is 11.4 Å². The van der Waals surface area contributed by atoms with Crippen molar-refractivity contribution in [2.75, 3.05) is 0 Å². The third-order valence-electron chi connectivity index (χ3n) is 2.94. The Labute approximate surface area is 123 Å². The normalized spacial score (nSPS) is 10.8. The van der Waals surface area contributed by atoms with Crippen molar-refractivity contribution in [1.82, 2.24) is 20.0 Å². The summed E-state index contributed by atoms with van der Waals surface area (Å²) in [4.78, 5) is 15.6. The van der Waals surface area contributed by atoms with Crippen molar-refractivity contribution in [3.05, 3.63) is 46.9 Å². The van der Waals surface area contributed by atoms with Gasteiger partial charge in [-0.25, -0.2) is 9.37 Å². The first kappa shape index (κ1) is 13.4. The van der Waals surface area contributed by atoms with Crippen molar-refractivity contribution in [1.29, 1.82) is 0 Å². The molecule has 0 bridgehead atoms. The fourth-order valence-electron chi connectivity index (χ4n) is 1.85.